The first-order valence-electron chi connectivity index (χ1n) is 9.64. The fraction of sp³-hybridized carbons (Fsp3) is 0.125. The average molecular weight is 402 g/mol. The van der Waals surface area contributed by atoms with Gasteiger partial charge in [-0.2, -0.15) is 0 Å². The van der Waals surface area contributed by atoms with Gasteiger partial charge in [-0.3, -0.25) is 4.79 Å². The third-order valence-corrected chi connectivity index (χ3v) is 4.79. The Morgan fingerprint density at radius 1 is 1.03 bits per heavy atom. The molecule has 4 rings (SSSR count). The minimum atomic E-state index is -0.913. The summed E-state index contributed by atoms with van der Waals surface area (Å²) in [4.78, 5) is 12.7. The highest BCUT2D eigenvalue weighted by molar-refractivity contribution is 6.35. The molecule has 0 fully saturated rings. The van der Waals surface area contributed by atoms with Gasteiger partial charge in [0.1, 0.15) is 18.5 Å². The van der Waals surface area contributed by atoms with Crippen LogP contribution in [0, 0.1) is 0 Å². The molecule has 2 aromatic carbocycles. The molecule has 0 saturated carbocycles. The van der Waals surface area contributed by atoms with E-state index in [9.17, 15) is 9.90 Å². The molecule has 2 heterocycles. The summed E-state index contributed by atoms with van der Waals surface area (Å²) in [5.74, 6) is 0.430. The van der Waals surface area contributed by atoms with Crippen molar-refractivity contribution < 1.29 is 19.7 Å². The molecule has 6 heteroatoms. The third kappa shape index (κ3) is 4.20. The van der Waals surface area contributed by atoms with Crippen LogP contribution in [0.3, 0.4) is 0 Å². The Bertz CT molecular complexity index is 1070. The van der Waals surface area contributed by atoms with Crippen molar-refractivity contribution in [3.63, 3.8) is 0 Å². The lowest BCUT2D eigenvalue weighted by Gasteiger charge is -2.11. The monoisotopic (exact) mass is 402 g/mol. The molecule has 0 aromatic heterocycles. The van der Waals surface area contributed by atoms with Crippen LogP contribution in [0.4, 0.5) is 5.69 Å². The molecule has 0 saturated heterocycles. The second-order valence-electron chi connectivity index (χ2n) is 6.93. The summed E-state index contributed by atoms with van der Waals surface area (Å²) in [7, 11) is 0. The van der Waals surface area contributed by atoms with Crippen molar-refractivity contribution in [2.45, 2.75) is 6.10 Å². The van der Waals surface area contributed by atoms with Gasteiger partial charge in [-0.25, -0.2) is 0 Å². The number of rotatable bonds is 6. The van der Waals surface area contributed by atoms with Crippen molar-refractivity contribution in [3.05, 3.63) is 89.7 Å². The number of hydrogen-bond acceptors (Lipinski definition) is 5. The Balaban J connectivity index is 1.60. The molecule has 1 amide bonds. The number of carbonyl (C=O) groups excluding carboxylic acids is 1. The fourth-order valence-electron chi connectivity index (χ4n) is 3.28. The zero-order valence-electron chi connectivity index (χ0n) is 16.2. The number of allylic oxidation sites excluding steroid dienone is 4. The van der Waals surface area contributed by atoms with Crippen LogP contribution in [0.5, 0.6) is 5.75 Å². The molecular formula is C24H22N2O4. The Kier molecular flexibility index (Phi) is 5.79. The van der Waals surface area contributed by atoms with Gasteiger partial charge in [0.05, 0.1) is 12.3 Å². The predicted octanol–water partition coefficient (Wildman–Crippen LogP) is 2.93. The third-order valence-electron chi connectivity index (χ3n) is 4.79. The van der Waals surface area contributed by atoms with E-state index in [4.69, 9.17) is 9.84 Å². The van der Waals surface area contributed by atoms with Crippen LogP contribution in [0.25, 0.3) is 17.3 Å². The Hall–Kier alpha value is -3.61. The molecule has 6 nitrogen and oxygen atoms in total. The number of aliphatic hydroxyl groups is 2. The van der Waals surface area contributed by atoms with E-state index in [1.54, 1.807) is 12.1 Å². The summed E-state index contributed by atoms with van der Waals surface area (Å²) in [6, 6.07) is 13.0. The van der Waals surface area contributed by atoms with Gasteiger partial charge in [0.15, 0.2) is 0 Å². The summed E-state index contributed by atoms with van der Waals surface area (Å²) < 4.78 is 5.42. The number of fused-ring (bicyclic) bond motifs is 1. The maximum absolute atomic E-state index is 12.7. The van der Waals surface area contributed by atoms with Gasteiger partial charge >= 0.3 is 0 Å². The quantitative estimate of drug-likeness (QED) is 0.558. The highest BCUT2D eigenvalue weighted by Crippen LogP contribution is 2.38. The number of aliphatic hydroxyl groups excluding tert-OH is 2. The summed E-state index contributed by atoms with van der Waals surface area (Å²) in [5.41, 5.74) is 4.91. The molecule has 1 atom stereocenters. The van der Waals surface area contributed by atoms with Crippen LogP contribution in [0.15, 0.2) is 73.0 Å². The highest BCUT2D eigenvalue weighted by Gasteiger charge is 2.27. The van der Waals surface area contributed by atoms with Crippen LogP contribution in [0.2, 0.25) is 0 Å². The van der Waals surface area contributed by atoms with Crippen molar-refractivity contribution in [2.75, 3.05) is 18.5 Å². The minimum Gasteiger partial charge on any atom is -0.491 e. The molecule has 2 aliphatic rings. The number of carbonyl (C=O) groups is 1. The molecule has 0 radical (unpaired) electrons. The van der Waals surface area contributed by atoms with Crippen molar-refractivity contribution in [1.29, 1.82) is 0 Å². The second-order valence-corrected chi connectivity index (χ2v) is 6.93. The molecule has 0 aliphatic carbocycles. The van der Waals surface area contributed by atoms with Gasteiger partial charge < -0.3 is 25.6 Å². The van der Waals surface area contributed by atoms with Gasteiger partial charge in [0, 0.05) is 28.6 Å². The normalized spacial score (nSPS) is 17.1. The zero-order chi connectivity index (χ0) is 20.9. The Morgan fingerprint density at radius 3 is 2.63 bits per heavy atom. The topological polar surface area (TPSA) is 90.8 Å². The maximum atomic E-state index is 12.7. The van der Waals surface area contributed by atoms with E-state index in [1.807, 2.05) is 66.9 Å². The van der Waals surface area contributed by atoms with Crippen molar-refractivity contribution >= 4 is 28.9 Å². The number of anilines is 1. The summed E-state index contributed by atoms with van der Waals surface area (Å²) in [5, 5.41) is 24.5. The number of benzene rings is 2. The van der Waals surface area contributed by atoms with Crippen LogP contribution >= 0.6 is 0 Å². The fourth-order valence-corrected chi connectivity index (χ4v) is 3.28. The number of nitrogens with one attached hydrogen (secondary N) is 2. The van der Waals surface area contributed by atoms with Crippen molar-refractivity contribution in [2.24, 2.45) is 0 Å². The van der Waals surface area contributed by atoms with E-state index in [-0.39, 0.29) is 19.1 Å². The van der Waals surface area contributed by atoms with Crippen molar-refractivity contribution in [3.8, 4) is 5.75 Å². The Labute approximate surface area is 174 Å². The zero-order valence-corrected chi connectivity index (χ0v) is 16.2. The minimum absolute atomic E-state index is 0.0176. The van der Waals surface area contributed by atoms with E-state index in [0.717, 1.165) is 28.1 Å². The number of ether oxygens (including phenoxy) is 1. The predicted molar refractivity (Wildman–Crippen MR) is 117 cm³/mol. The first kappa shape index (κ1) is 19.7. The molecular weight excluding hydrogens is 380 g/mol. The van der Waals surface area contributed by atoms with Crippen LogP contribution < -0.4 is 15.4 Å². The summed E-state index contributed by atoms with van der Waals surface area (Å²) >= 11 is 0. The highest BCUT2D eigenvalue weighted by atomic mass is 16.5. The molecule has 1 unspecified atom stereocenters. The van der Waals surface area contributed by atoms with Crippen LogP contribution in [0.1, 0.15) is 16.7 Å². The van der Waals surface area contributed by atoms with Crippen LogP contribution in [-0.4, -0.2) is 35.4 Å². The lowest BCUT2D eigenvalue weighted by Crippen LogP contribution is -2.21. The molecule has 0 bridgehead atoms. The second kappa shape index (κ2) is 8.82. The molecule has 2 aromatic rings. The van der Waals surface area contributed by atoms with E-state index >= 15 is 0 Å². The average Bonchev–Trinajstić information content (AvgIpc) is 2.94. The SMILES string of the molecule is O=C1Nc2c(C3=CC=CC=CN3)cccc2C1=Cc1ccc(OCC(O)CO)cc1. The van der Waals surface area contributed by atoms with E-state index in [0.29, 0.717) is 11.3 Å². The van der Waals surface area contributed by atoms with Crippen LogP contribution in [-0.2, 0) is 4.79 Å². The maximum Gasteiger partial charge on any atom is 0.256 e. The number of hydrogen-bond donors (Lipinski definition) is 4. The summed E-state index contributed by atoms with van der Waals surface area (Å²) in [6.07, 6.45) is 10.5. The lowest BCUT2D eigenvalue weighted by atomic mass is 10.00. The summed E-state index contributed by atoms with van der Waals surface area (Å²) in [6.45, 7) is -0.330. The molecule has 152 valence electrons. The lowest BCUT2D eigenvalue weighted by molar-refractivity contribution is -0.110. The first-order chi connectivity index (χ1) is 14.7. The van der Waals surface area contributed by atoms with E-state index in [2.05, 4.69) is 10.6 Å². The number of amides is 1. The van der Waals surface area contributed by atoms with Gasteiger partial charge in [0.2, 0.25) is 0 Å². The molecule has 0 spiro atoms. The van der Waals surface area contributed by atoms with Gasteiger partial charge in [-0.1, -0.05) is 42.5 Å². The van der Waals surface area contributed by atoms with E-state index in [1.165, 1.54) is 0 Å². The Morgan fingerprint density at radius 2 is 1.83 bits per heavy atom. The molecule has 4 N–H and O–H groups in total. The smallest absolute Gasteiger partial charge is 0.256 e. The standard InChI is InChI=1S/C24H22N2O4/c27-14-17(28)15-30-18-10-8-16(9-11-18)13-21-19-5-4-6-20(23(19)26-24(21)29)22-7-2-1-3-12-25-22/h1-13,17,25,27-28H,14-15H2,(H,26,29). The number of para-hydroxylation sites is 1. The van der Waals surface area contributed by atoms with Crippen molar-refractivity contribution in [1.82, 2.24) is 5.32 Å². The molecule has 30 heavy (non-hydrogen) atoms. The molecule has 2 aliphatic heterocycles. The van der Waals surface area contributed by atoms with E-state index < -0.39 is 6.10 Å². The van der Waals surface area contributed by atoms with Gasteiger partial charge in [-0.15, -0.1) is 0 Å². The van der Waals surface area contributed by atoms with Gasteiger partial charge in [-0.05, 0) is 35.9 Å². The first-order valence-corrected chi connectivity index (χ1v) is 9.64. The largest absolute Gasteiger partial charge is 0.491 e. The van der Waals surface area contributed by atoms with Gasteiger partial charge in [0.25, 0.3) is 5.91 Å².